The molecule has 0 saturated heterocycles. The van der Waals surface area contributed by atoms with Gasteiger partial charge in [0.2, 0.25) is 0 Å². The fourth-order valence-electron chi connectivity index (χ4n) is 3.11. The molecule has 0 radical (unpaired) electrons. The van der Waals surface area contributed by atoms with Crippen LogP contribution in [0.3, 0.4) is 0 Å². The molecule has 3 aromatic carbocycles. The molecule has 0 aliphatic carbocycles. The molecule has 3 aromatic rings. The molecule has 0 N–H and O–H groups in total. The predicted molar refractivity (Wildman–Crippen MR) is 108 cm³/mol. The van der Waals surface area contributed by atoms with Gasteiger partial charge in [-0.3, -0.25) is 0 Å². The van der Waals surface area contributed by atoms with Gasteiger partial charge in [0.05, 0.1) is 0 Å². The van der Waals surface area contributed by atoms with Crippen LogP contribution in [0.25, 0.3) is 0 Å². The van der Waals surface area contributed by atoms with Crippen LogP contribution in [0, 0.1) is 12.3 Å². The van der Waals surface area contributed by atoms with Gasteiger partial charge in [0.1, 0.15) is 0 Å². The van der Waals surface area contributed by atoms with Gasteiger partial charge in [-0.2, -0.15) is 0 Å². The quantitative estimate of drug-likeness (QED) is 0.463. The normalized spacial score (nSPS) is 12.8. The zero-order valence-electron chi connectivity index (χ0n) is 12.8. The Morgan fingerprint density at radius 1 is 0.652 bits per heavy atom. The third kappa shape index (κ3) is 2.53. The van der Waals surface area contributed by atoms with Gasteiger partial charge in [-0.15, -0.1) is 0 Å². The molecule has 0 saturated carbocycles. The summed E-state index contributed by atoms with van der Waals surface area (Å²) in [7, 11) is 0. The van der Waals surface area contributed by atoms with E-state index in [2.05, 4.69) is 94.2 Å². The van der Waals surface area contributed by atoms with Crippen molar-refractivity contribution in [2.24, 2.45) is 0 Å². The number of benzene rings is 3. The van der Waals surface area contributed by atoms with Gasteiger partial charge in [0.25, 0.3) is 0 Å². The third-order valence-corrected chi connectivity index (χ3v) is 13.6. The molecule has 114 valence electrons. The summed E-state index contributed by atoms with van der Waals surface area (Å²) in [6, 6.07) is 31.7. The summed E-state index contributed by atoms with van der Waals surface area (Å²) >= 11 is 4.27. The molecule has 0 aliphatic rings. The Balaban J connectivity index is 2.44. The van der Waals surface area contributed by atoms with E-state index in [9.17, 15) is 0 Å². The first-order valence-corrected chi connectivity index (χ1v) is 12.0. The van der Waals surface area contributed by atoms with E-state index >= 15 is 0 Å². The second-order valence-electron chi connectivity index (χ2n) is 5.55. The van der Waals surface area contributed by atoms with E-state index in [1.54, 1.807) is 0 Å². The van der Waals surface area contributed by atoms with Gasteiger partial charge in [-0.1, -0.05) is 0 Å². The van der Waals surface area contributed by atoms with Crippen LogP contribution in [0.15, 0.2) is 91.0 Å². The van der Waals surface area contributed by atoms with E-state index in [0.717, 1.165) is 0 Å². The van der Waals surface area contributed by atoms with E-state index < -0.39 is 5.31 Å². The predicted octanol–water partition coefficient (Wildman–Crippen LogP) is 4.46. The summed E-state index contributed by atoms with van der Waals surface area (Å²) in [6.45, 7) is 0. The molecule has 0 bridgehead atoms. The number of terminal acetylenes is 1. The van der Waals surface area contributed by atoms with Crippen molar-refractivity contribution >= 4 is 36.7 Å². The zero-order chi connectivity index (χ0) is 16.2. The van der Waals surface area contributed by atoms with Gasteiger partial charge >= 0.3 is 146 Å². The van der Waals surface area contributed by atoms with Gasteiger partial charge in [-0.05, 0) is 0 Å². The van der Waals surface area contributed by atoms with Crippen LogP contribution in [-0.2, 0) is 0 Å². The number of rotatable bonds is 4. The van der Waals surface area contributed by atoms with Crippen molar-refractivity contribution in [2.75, 3.05) is 6.16 Å². The van der Waals surface area contributed by atoms with Crippen molar-refractivity contribution in [3.63, 3.8) is 0 Å². The average molecular weight is 381 g/mol. The molecule has 3 rings (SSSR count). The van der Waals surface area contributed by atoms with Crippen molar-refractivity contribution in [1.29, 1.82) is 0 Å². The SMILES string of the molecule is C#CCP(Br)(c1ccccc1)(c1ccccc1)c1ccccc1. The Bertz CT molecular complexity index is 721. The Labute approximate surface area is 146 Å². The summed E-state index contributed by atoms with van der Waals surface area (Å²) in [5, 5.41) is 0.921. The molecule has 0 heterocycles. The van der Waals surface area contributed by atoms with E-state index in [1.165, 1.54) is 15.9 Å². The van der Waals surface area contributed by atoms with Crippen LogP contribution in [0.2, 0.25) is 0 Å². The molecule has 0 unspecified atom stereocenters. The summed E-state index contributed by atoms with van der Waals surface area (Å²) < 4.78 is 0. The number of hydrogen-bond donors (Lipinski definition) is 0. The Morgan fingerprint density at radius 3 is 1.22 bits per heavy atom. The Hall–Kier alpha value is -1.87. The number of hydrogen-bond acceptors (Lipinski definition) is 0. The van der Waals surface area contributed by atoms with E-state index in [0.29, 0.717) is 6.16 Å². The summed E-state index contributed by atoms with van der Waals surface area (Å²) in [5.41, 5.74) is 0. The van der Waals surface area contributed by atoms with Crippen LogP contribution in [0.4, 0.5) is 0 Å². The topological polar surface area (TPSA) is 0 Å². The minimum absolute atomic E-state index is 0.643. The second-order valence-corrected chi connectivity index (χ2v) is 14.5. The summed E-state index contributed by atoms with van der Waals surface area (Å²) in [6.07, 6.45) is 6.51. The van der Waals surface area contributed by atoms with Gasteiger partial charge < -0.3 is 0 Å². The Kier molecular flexibility index (Phi) is 4.40. The van der Waals surface area contributed by atoms with E-state index in [-0.39, 0.29) is 0 Å². The minimum atomic E-state index is -2.85. The maximum absolute atomic E-state index is 5.86. The van der Waals surface area contributed by atoms with E-state index in [1.807, 2.05) is 18.2 Å². The molecule has 0 fully saturated rings. The molecule has 0 aromatic heterocycles. The van der Waals surface area contributed by atoms with Crippen molar-refractivity contribution in [3.8, 4) is 12.3 Å². The number of halogens is 1. The Morgan fingerprint density at radius 2 is 0.957 bits per heavy atom. The molecule has 0 spiro atoms. The van der Waals surface area contributed by atoms with Crippen LogP contribution in [0.5, 0.6) is 0 Å². The molecular weight excluding hydrogens is 363 g/mol. The molecular formula is C21H18BrP. The first-order chi connectivity index (χ1) is 11.2. The summed E-state index contributed by atoms with van der Waals surface area (Å²) in [4.78, 5) is 0. The van der Waals surface area contributed by atoms with Crippen LogP contribution in [-0.4, -0.2) is 6.16 Å². The molecule has 2 heteroatoms. The standard InChI is InChI=1S/C21H18BrP/c1-2-18-23(22,19-12-6-3-7-13-19,20-14-8-4-9-15-20)21-16-10-5-11-17-21/h1,3-17H,18H2. The molecule has 0 nitrogen and oxygen atoms in total. The fourth-order valence-corrected chi connectivity index (χ4v) is 9.84. The fraction of sp³-hybridized carbons (Fsp3) is 0.0476. The van der Waals surface area contributed by atoms with Gasteiger partial charge in [0.15, 0.2) is 0 Å². The first kappa shape index (κ1) is 16.0. The van der Waals surface area contributed by atoms with Gasteiger partial charge in [0, 0.05) is 0 Å². The average Bonchev–Trinajstić information content (AvgIpc) is 2.64. The van der Waals surface area contributed by atoms with Crippen molar-refractivity contribution < 1.29 is 0 Å². The third-order valence-electron chi connectivity index (χ3n) is 4.27. The van der Waals surface area contributed by atoms with E-state index in [4.69, 9.17) is 6.42 Å². The van der Waals surface area contributed by atoms with Crippen molar-refractivity contribution in [2.45, 2.75) is 0 Å². The molecule has 0 atom stereocenters. The van der Waals surface area contributed by atoms with Crippen LogP contribution >= 0.6 is 20.8 Å². The maximum atomic E-state index is 5.86. The molecule has 0 amide bonds. The molecule has 23 heavy (non-hydrogen) atoms. The first-order valence-electron chi connectivity index (χ1n) is 7.53. The van der Waals surface area contributed by atoms with Crippen LogP contribution < -0.4 is 15.9 Å². The monoisotopic (exact) mass is 380 g/mol. The van der Waals surface area contributed by atoms with Gasteiger partial charge in [-0.25, -0.2) is 0 Å². The zero-order valence-corrected chi connectivity index (χ0v) is 15.3. The molecule has 0 aliphatic heterocycles. The summed E-state index contributed by atoms with van der Waals surface area (Å²) in [5.74, 6) is 2.96. The van der Waals surface area contributed by atoms with Crippen LogP contribution in [0.1, 0.15) is 0 Å². The second kappa shape index (κ2) is 6.32. The van der Waals surface area contributed by atoms with Crippen molar-refractivity contribution in [1.82, 2.24) is 0 Å². The van der Waals surface area contributed by atoms with Crippen molar-refractivity contribution in [3.05, 3.63) is 91.0 Å².